The summed E-state index contributed by atoms with van der Waals surface area (Å²) in [5, 5.41) is 0. The molecule has 1 saturated carbocycles. The predicted octanol–water partition coefficient (Wildman–Crippen LogP) is 7.56. The number of carbonyl (C=O) groups is 2. The van der Waals surface area contributed by atoms with Gasteiger partial charge < -0.3 is 9.47 Å². The van der Waals surface area contributed by atoms with Crippen LogP contribution in [0.3, 0.4) is 0 Å². The van der Waals surface area contributed by atoms with Gasteiger partial charge in [0.2, 0.25) is 0 Å². The molecule has 0 N–H and O–H groups in total. The summed E-state index contributed by atoms with van der Waals surface area (Å²) in [6.07, 6.45) is 8.81. The Bertz CT molecular complexity index is 1450. The highest BCUT2D eigenvalue weighted by Gasteiger charge is 2.43. The van der Waals surface area contributed by atoms with Crippen molar-refractivity contribution in [1.29, 1.82) is 0 Å². The Morgan fingerprint density at radius 2 is 1.67 bits per heavy atom. The lowest BCUT2D eigenvalue weighted by Gasteiger charge is -2.45. The van der Waals surface area contributed by atoms with Crippen LogP contribution in [0.25, 0.3) is 5.57 Å². The third-order valence-electron chi connectivity index (χ3n) is 8.56. The number of rotatable bonds is 1. The van der Waals surface area contributed by atoms with E-state index in [-0.39, 0.29) is 17.8 Å². The van der Waals surface area contributed by atoms with Gasteiger partial charge >= 0.3 is 6.09 Å². The Morgan fingerprint density at radius 1 is 0.949 bits per heavy atom. The van der Waals surface area contributed by atoms with Crippen LogP contribution in [0.2, 0.25) is 0 Å². The molecule has 0 radical (unpaired) electrons. The molecule has 0 unspecified atom stereocenters. The maximum absolute atomic E-state index is 13.6. The van der Waals surface area contributed by atoms with Crippen molar-refractivity contribution in [2.75, 3.05) is 13.7 Å². The minimum absolute atomic E-state index is 0.0414. The monoisotopic (exact) mass is 523 g/mol. The molecule has 5 nitrogen and oxygen atoms in total. The number of carbonyl (C=O) groups excluding carboxylic acids is 2. The van der Waals surface area contributed by atoms with Crippen LogP contribution in [0, 0.1) is 17.8 Å². The molecule has 1 heterocycles. The van der Waals surface area contributed by atoms with Crippen LogP contribution in [-0.4, -0.2) is 36.0 Å². The number of fused-ring (bicyclic) bond motifs is 4. The number of amides is 1. The maximum Gasteiger partial charge on any atom is 0.414 e. The Morgan fingerprint density at radius 3 is 2.41 bits per heavy atom. The predicted molar refractivity (Wildman–Crippen MR) is 153 cm³/mol. The van der Waals surface area contributed by atoms with E-state index in [0.717, 1.165) is 46.6 Å². The number of methoxy groups -OCH3 is 1. The normalized spacial score (nSPS) is 25.9. The van der Waals surface area contributed by atoms with Crippen molar-refractivity contribution in [1.82, 2.24) is 4.90 Å². The summed E-state index contributed by atoms with van der Waals surface area (Å²) >= 11 is 0. The Hall–Kier alpha value is -3.60. The van der Waals surface area contributed by atoms with Crippen molar-refractivity contribution < 1.29 is 19.1 Å². The summed E-state index contributed by atoms with van der Waals surface area (Å²) in [6.45, 7) is 8.46. The van der Waals surface area contributed by atoms with Gasteiger partial charge in [-0.3, -0.25) is 9.69 Å². The molecule has 4 aliphatic rings. The number of hydrogen-bond acceptors (Lipinski definition) is 4. The van der Waals surface area contributed by atoms with Crippen molar-refractivity contribution in [3.05, 3.63) is 93.7 Å². The first-order valence-corrected chi connectivity index (χ1v) is 14.2. The number of benzene rings is 2. The van der Waals surface area contributed by atoms with Gasteiger partial charge in [0.15, 0.2) is 5.78 Å². The van der Waals surface area contributed by atoms with Crippen molar-refractivity contribution >= 4 is 17.4 Å². The highest BCUT2D eigenvalue weighted by molar-refractivity contribution is 6.19. The van der Waals surface area contributed by atoms with Crippen LogP contribution in [0.5, 0.6) is 5.75 Å². The van der Waals surface area contributed by atoms with E-state index in [0.29, 0.717) is 23.9 Å². The zero-order chi connectivity index (χ0) is 27.5. The summed E-state index contributed by atoms with van der Waals surface area (Å²) in [5.74, 6) is 1.59. The second-order valence-corrected chi connectivity index (χ2v) is 12.3. The van der Waals surface area contributed by atoms with Gasteiger partial charge in [-0.1, -0.05) is 50.1 Å². The van der Waals surface area contributed by atoms with Gasteiger partial charge in [-0.2, -0.15) is 0 Å². The maximum atomic E-state index is 13.6. The summed E-state index contributed by atoms with van der Waals surface area (Å²) in [6, 6.07) is 13.7. The van der Waals surface area contributed by atoms with E-state index in [1.54, 1.807) is 7.11 Å². The summed E-state index contributed by atoms with van der Waals surface area (Å²) < 4.78 is 11.5. The molecule has 3 atom stereocenters. The molecular weight excluding hydrogens is 486 g/mol. The van der Waals surface area contributed by atoms with Gasteiger partial charge in [0.25, 0.3) is 0 Å². The lowest BCUT2D eigenvalue weighted by Crippen LogP contribution is -2.44. The Kier molecular flexibility index (Phi) is 6.28. The number of nitrogens with zero attached hydrogens (tertiary/aromatic N) is 1. The average molecular weight is 524 g/mol. The molecule has 1 aliphatic heterocycles. The van der Waals surface area contributed by atoms with Crippen molar-refractivity contribution in [3.8, 4) is 5.75 Å². The molecule has 2 aromatic carbocycles. The molecule has 5 heteroatoms. The summed E-state index contributed by atoms with van der Waals surface area (Å²) in [5.41, 5.74) is 7.28. The molecule has 0 bridgehead atoms. The van der Waals surface area contributed by atoms with Gasteiger partial charge in [-0.05, 0) is 97.6 Å². The molecule has 202 valence electrons. The molecule has 39 heavy (non-hydrogen) atoms. The third kappa shape index (κ3) is 4.32. The van der Waals surface area contributed by atoms with Crippen LogP contribution in [0.15, 0.2) is 71.5 Å². The van der Waals surface area contributed by atoms with E-state index in [9.17, 15) is 9.59 Å². The highest BCUT2D eigenvalue weighted by Crippen LogP contribution is 2.52. The van der Waals surface area contributed by atoms with Gasteiger partial charge in [0, 0.05) is 23.6 Å². The molecule has 0 aromatic heterocycles. The quantitative estimate of drug-likeness (QED) is 0.330. The lowest BCUT2D eigenvalue weighted by atomic mass is 9.65. The standard InChI is InChI=1S/C34H37NO4/c1-20-19-35(33(37)39-34(2,3)4)28-17-14-21-10-6-7-11-23(21)31(28)29(20)30-24-12-8-9-13-25(24)32(36)26-16-15-22(38-5)18-27(26)30/h8-9,12-18,20-21,23H,6-7,10-11,19H2,1-5H3/b30-29+/t20-,21+,23+/m0/s1. The zero-order valence-electron chi connectivity index (χ0n) is 23.5. The van der Waals surface area contributed by atoms with Gasteiger partial charge in [0.05, 0.1) is 12.8 Å². The minimum atomic E-state index is -0.580. The summed E-state index contributed by atoms with van der Waals surface area (Å²) in [7, 11) is 1.66. The first kappa shape index (κ1) is 25.7. The number of allylic oxidation sites excluding steroid dienone is 3. The van der Waals surface area contributed by atoms with Crippen LogP contribution in [0.1, 0.15) is 80.4 Å². The molecular formula is C34H37NO4. The van der Waals surface area contributed by atoms with E-state index < -0.39 is 5.60 Å². The second-order valence-electron chi connectivity index (χ2n) is 12.3. The third-order valence-corrected chi connectivity index (χ3v) is 8.56. The Labute approximate surface area is 231 Å². The fourth-order valence-electron chi connectivity index (χ4n) is 6.95. The molecule has 1 amide bonds. The van der Waals surface area contributed by atoms with Crippen molar-refractivity contribution in [2.45, 2.75) is 59.0 Å². The number of ether oxygens (including phenoxy) is 2. The van der Waals surface area contributed by atoms with E-state index in [1.165, 1.54) is 24.0 Å². The fourth-order valence-corrected chi connectivity index (χ4v) is 6.95. The van der Waals surface area contributed by atoms with E-state index in [4.69, 9.17) is 9.47 Å². The largest absolute Gasteiger partial charge is 0.497 e. The van der Waals surface area contributed by atoms with Gasteiger partial charge in [-0.15, -0.1) is 0 Å². The first-order chi connectivity index (χ1) is 18.7. The first-order valence-electron chi connectivity index (χ1n) is 14.2. The van der Waals surface area contributed by atoms with Crippen molar-refractivity contribution in [2.24, 2.45) is 17.8 Å². The van der Waals surface area contributed by atoms with Gasteiger partial charge in [-0.25, -0.2) is 4.79 Å². The topological polar surface area (TPSA) is 55.8 Å². The van der Waals surface area contributed by atoms with E-state index in [2.05, 4.69) is 25.1 Å². The lowest BCUT2D eigenvalue weighted by molar-refractivity contribution is 0.0290. The van der Waals surface area contributed by atoms with Crippen molar-refractivity contribution in [3.63, 3.8) is 0 Å². The SMILES string of the molecule is COc1ccc2c(c1)/C(=C1/C3=C(C=C[C@H]4CCCC[C@@H]34)N(C(=O)OC(C)(C)C)C[C@@H]1C)c1ccccc1C2=O. The molecule has 0 saturated heterocycles. The number of ketones is 1. The molecule has 6 rings (SSSR count). The fraction of sp³-hybridized carbons (Fsp3) is 0.412. The highest BCUT2D eigenvalue weighted by atomic mass is 16.6. The summed E-state index contributed by atoms with van der Waals surface area (Å²) in [4.78, 5) is 29.0. The van der Waals surface area contributed by atoms with Crippen LogP contribution >= 0.6 is 0 Å². The molecule has 3 aliphatic carbocycles. The minimum Gasteiger partial charge on any atom is -0.497 e. The van der Waals surface area contributed by atoms with E-state index >= 15 is 0 Å². The average Bonchev–Trinajstić information content (AvgIpc) is 2.92. The van der Waals surface area contributed by atoms with Gasteiger partial charge in [0.1, 0.15) is 11.4 Å². The van der Waals surface area contributed by atoms with Crippen LogP contribution in [0.4, 0.5) is 4.79 Å². The molecule has 0 spiro atoms. The van der Waals surface area contributed by atoms with E-state index in [1.807, 2.05) is 62.1 Å². The molecule has 2 aromatic rings. The van der Waals surface area contributed by atoms with Crippen LogP contribution < -0.4 is 4.74 Å². The smallest absolute Gasteiger partial charge is 0.414 e. The van der Waals surface area contributed by atoms with Crippen LogP contribution in [-0.2, 0) is 4.74 Å². The Balaban J connectivity index is 1.65. The molecule has 1 fully saturated rings. The second kappa shape index (κ2) is 9.55. The number of hydrogen-bond donors (Lipinski definition) is 0. The zero-order valence-corrected chi connectivity index (χ0v) is 23.5.